The summed E-state index contributed by atoms with van der Waals surface area (Å²) in [7, 11) is 1.62. The highest BCUT2D eigenvalue weighted by Crippen LogP contribution is 2.15. The van der Waals surface area contributed by atoms with Crippen LogP contribution in [0, 0.1) is 0 Å². The predicted octanol–water partition coefficient (Wildman–Crippen LogP) is 2.72. The molecule has 5 heteroatoms. The van der Waals surface area contributed by atoms with E-state index in [1.54, 1.807) is 18.9 Å². The molecule has 0 unspecified atom stereocenters. The molecule has 0 spiro atoms. The highest BCUT2D eigenvalue weighted by Gasteiger charge is 2.06. The molecule has 0 aliphatic heterocycles. The number of rotatable bonds is 7. The van der Waals surface area contributed by atoms with Gasteiger partial charge in [0, 0.05) is 23.9 Å². The number of benzene rings is 1. The number of amides is 1. The lowest BCUT2D eigenvalue weighted by Crippen LogP contribution is -2.36. The molecule has 0 radical (unpaired) electrons. The van der Waals surface area contributed by atoms with Gasteiger partial charge in [-0.3, -0.25) is 4.79 Å². The average molecular weight is 288 g/mol. The third kappa shape index (κ3) is 6.28. The molecule has 18 heavy (non-hydrogen) atoms. The van der Waals surface area contributed by atoms with Gasteiger partial charge in [0.15, 0.2) is 0 Å². The van der Waals surface area contributed by atoms with Crippen LogP contribution in [0.4, 0.5) is 0 Å². The Kier molecular flexibility index (Phi) is 7.16. The van der Waals surface area contributed by atoms with Gasteiger partial charge in [0.2, 0.25) is 5.91 Å². The first kappa shape index (κ1) is 15.3. The molecule has 0 aromatic heterocycles. The number of halogens is 1. The highest BCUT2D eigenvalue weighted by molar-refractivity contribution is 7.99. The quantitative estimate of drug-likeness (QED) is 0.838. The smallest absolute Gasteiger partial charge is 0.230 e. The number of nitrogens with one attached hydrogen (secondary N) is 1. The molecular weight excluding hydrogens is 270 g/mol. The standard InChI is InChI=1S/C13H18ClNO2S/c1-10(7-17-2)15-13(16)9-18-8-11-3-5-12(14)6-4-11/h3-6,10H,7-9H2,1-2H3,(H,15,16)/t10-/m1/s1. The van der Waals surface area contributed by atoms with Crippen molar-refractivity contribution >= 4 is 29.3 Å². The number of methoxy groups -OCH3 is 1. The van der Waals surface area contributed by atoms with E-state index < -0.39 is 0 Å². The largest absolute Gasteiger partial charge is 0.383 e. The van der Waals surface area contributed by atoms with Crippen molar-refractivity contribution in [3.63, 3.8) is 0 Å². The molecule has 1 amide bonds. The van der Waals surface area contributed by atoms with Crippen LogP contribution >= 0.6 is 23.4 Å². The zero-order valence-corrected chi connectivity index (χ0v) is 12.2. The maximum atomic E-state index is 11.6. The summed E-state index contributed by atoms with van der Waals surface area (Å²) in [5.74, 6) is 1.30. The summed E-state index contributed by atoms with van der Waals surface area (Å²) in [6, 6.07) is 7.72. The molecule has 0 aliphatic rings. The van der Waals surface area contributed by atoms with Gasteiger partial charge in [-0.15, -0.1) is 11.8 Å². The van der Waals surface area contributed by atoms with Crippen molar-refractivity contribution in [2.45, 2.75) is 18.7 Å². The number of ether oxygens (including phenoxy) is 1. The first-order valence-electron chi connectivity index (χ1n) is 5.72. The molecule has 0 bridgehead atoms. The van der Waals surface area contributed by atoms with Crippen LogP contribution in [0.25, 0.3) is 0 Å². The summed E-state index contributed by atoms with van der Waals surface area (Å²) in [6.45, 7) is 2.46. The molecule has 1 atom stereocenters. The number of thioether (sulfide) groups is 1. The first-order valence-corrected chi connectivity index (χ1v) is 7.25. The van der Waals surface area contributed by atoms with E-state index in [0.29, 0.717) is 12.4 Å². The van der Waals surface area contributed by atoms with Gasteiger partial charge in [-0.2, -0.15) is 0 Å². The fourth-order valence-corrected chi connectivity index (χ4v) is 2.38. The molecule has 0 saturated heterocycles. The Morgan fingerprint density at radius 1 is 1.44 bits per heavy atom. The van der Waals surface area contributed by atoms with E-state index in [1.165, 1.54) is 5.56 Å². The second-order valence-corrected chi connectivity index (χ2v) is 5.47. The Balaban J connectivity index is 2.21. The molecule has 1 aromatic carbocycles. The third-order valence-electron chi connectivity index (χ3n) is 2.24. The second kappa shape index (κ2) is 8.40. The minimum absolute atomic E-state index is 0.0403. The monoisotopic (exact) mass is 287 g/mol. The lowest BCUT2D eigenvalue weighted by Gasteiger charge is -2.12. The Labute approximate surface area is 117 Å². The van der Waals surface area contributed by atoms with Crippen molar-refractivity contribution in [3.8, 4) is 0 Å². The average Bonchev–Trinajstić information content (AvgIpc) is 2.32. The summed E-state index contributed by atoms with van der Waals surface area (Å²) >= 11 is 7.38. The molecule has 0 saturated carbocycles. The molecule has 3 nitrogen and oxygen atoms in total. The minimum Gasteiger partial charge on any atom is -0.383 e. The topological polar surface area (TPSA) is 38.3 Å². The lowest BCUT2D eigenvalue weighted by molar-refractivity contribution is -0.119. The summed E-state index contributed by atoms with van der Waals surface area (Å²) < 4.78 is 4.96. The molecule has 0 aliphatic carbocycles. The zero-order chi connectivity index (χ0) is 13.4. The van der Waals surface area contributed by atoms with Crippen LogP contribution in [0.5, 0.6) is 0 Å². The van der Waals surface area contributed by atoms with E-state index in [2.05, 4.69) is 5.32 Å². The van der Waals surface area contributed by atoms with E-state index in [4.69, 9.17) is 16.3 Å². The molecule has 1 N–H and O–H groups in total. The van der Waals surface area contributed by atoms with E-state index in [9.17, 15) is 4.79 Å². The summed E-state index contributed by atoms with van der Waals surface area (Å²) in [4.78, 5) is 11.6. The molecule has 1 aromatic rings. The van der Waals surface area contributed by atoms with Gasteiger partial charge in [-0.1, -0.05) is 23.7 Å². The van der Waals surface area contributed by atoms with Gasteiger partial charge in [-0.05, 0) is 24.6 Å². The Morgan fingerprint density at radius 3 is 2.72 bits per heavy atom. The Bertz CT molecular complexity index is 370. The summed E-state index contributed by atoms with van der Waals surface area (Å²) in [6.07, 6.45) is 0. The van der Waals surface area contributed by atoms with Crippen molar-refractivity contribution in [1.82, 2.24) is 5.32 Å². The summed E-state index contributed by atoms with van der Waals surface area (Å²) in [5, 5.41) is 3.60. The second-order valence-electron chi connectivity index (χ2n) is 4.04. The summed E-state index contributed by atoms with van der Waals surface area (Å²) in [5.41, 5.74) is 1.17. The van der Waals surface area contributed by atoms with Crippen molar-refractivity contribution in [1.29, 1.82) is 0 Å². The van der Waals surface area contributed by atoms with Crippen LogP contribution in [-0.2, 0) is 15.3 Å². The number of hydrogen-bond acceptors (Lipinski definition) is 3. The maximum Gasteiger partial charge on any atom is 0.230 e. The fourth-order valence-electron chi connectivity index (χ4n) is 1.45. The van der Waals surface area contributed by atoms with Gasteiger partial charge >= 0.3 is 0 Å². The van der Waals surface area contributed by atoms with Gasteiger partial charge in [0.1, 0.15) is 0 Å². The third-order valence-corrected chi connectivity index (χ3v) is 3.49. The van der Waals surface area contributed by atoms with Crippen LogP contribution in [0.1, 0.15) is 12.5 Å². The van der Waals surface area contributed by atoms with Crippen LogP contribution in [0.15, 0.2) is 24.3 Å². The van der Waals surface area contributed by atoms with E-state index in [1.807, 2.05) is 31.2 Å². The van der Waals surface area contributed by atoms with Gasteiger partial charge in [0.25, 0.3) is 0 Å². The molecule has 0 fully saturated rings. The van der Waals surface area contributed by atoms with Crippen LogP contribution in [-0.4, -0.2) is 31.4 Å². The van der Waals surface area contributed by atoms with Crippen LogP contribution in [0.2, 0.25) is 5.02 Å². The predicted molar refractivity (Wildman–Crippen MR) is 77.1 cm³/mol. The fraction of sp³-hybridized carbons (Fsp3) is 0.462. The van der Waals surface area contributed by atoms with Crippen LogP contribution in [0.3, 0.4) is 0 Å². The number of hydrogen-bond donors (Lipinski definition) is 1. The molecule has 0 heterocycles. The van der Waals surface area contributed by atoms with E-state index in [-0.39, 0.29) is 11.9 Å². The number of carbonyl (C=O) groups is 1. The molecule has 100 valence electrons. The molecular formula is C13H18ClNO2S. The van der Waals surface area contributed by atoms with E-state index >= 15 is 0 Å². The van der Waals surface area contributed by atoms with Crippen molar-refractivity contribution < 1.29 is 9.53 Å². The normalized spacial score (nSPS) is 12.2. The maximum absolute atomic E-state index is 11.6. The van der Waals surface area contributed by atoms with Crippen molar-refractivity contribution in [2.75, 3.05) is 19.5 Å². The Hall–Kier alpha value is -0.710. The van der Waals surface area contributed by atoms with Crippen molar-refractivity contribution in [2.24, 2.45) is 0 Å². The molecule has 1 rings (SSSR count). The van der Waals surface area contributed by atoms with Gasteiger partial charge in [0.05, 0.1) is 12.4 Å². The lowest BCUT2D eigenvalue weighted by atomic mass is 10.2. The van der Waals surface area contributed by atoms with Gasteiger partial charge in [-0.25, -0.2) is 0 Å². The zero-order valence-electron chi connectivity index (χ0n) is 10.6. The number of carbonyl (C=O) groups excluding carboxylic acids is 1. The van der Waals surface area contributed by atoms with E-state index in [0.717, 1.165) is 10.8 Å². The first-order chi connectivity index (χ1) is 8.61. The Morgan fingerprint density at radius 2 is 2.11 bits per heavy atom. The van der Waals surface area contributed by atoms with Crippen molar-refractivity contribution in [3.05, 3.63) is 34.9 Å². The van der Waals surface area contributed by atoms with Gasteiger partial charge < -0.3 is 10.1 Å². The minimum atomic E-state index is 0.0403. The highest BCUT2D eigenvalue weighted by atomic mass is 35.5. The SMILES string of the molecule is COC[C@@H](C)NC(=O)CSCc1ccc(Cl)cc1. The van der Waals surface area contributed by atoms with Crippen LogP contribution < -0.4 is 5.32 Å².